The fourth-order valence-electron chi connectivity index (χ4n) is 5.48. The molecule has 3 heterocycles. The molecule has 7 nitrogen and oxygen atoms in total. The Labute approximate surface area is 216 Å². The van der Waals surface area contributed by atoms with Crippen LogP contribution in [0.1, 0.15) is 42.9 Å². The number of hydrogen-bond donors (Lipinski definition) is 0. The number of piperidine rings is 1. The first-order chi connectivity index (χ1) is 17.8. The van der Waals surface area contributed by atoms with Gasteiger partial charge in [-0.15, -0.1) is 0 Å². The van der Waals surface area contributed by atoms with E-state index >= 15 is 4.39 Å². The van der Waals surface area contributed by atoms with Gasteiger partial charge in [-0.1, -0.05) is 12.1 Å². The minimum absolute atomic E-state index is 0.000937. The van der Waals surface area contributed by atoms with Crippen molar-refractivity contribution >= 4 is 17.5 Å². The lowest BCUT2D eigenvalue weighted by Gasteiger charge is -2.31. The van der Waals surface area contributed by atoms with Crippen LogP contribution in [0.2, 0.25) is 0 Å². The largest absolute Gasteiger partial charge is 0.497 e. The second-order valence-corrected chi connectivity index (χ2v) is 10.1. The average molecular weight is 505 g/mol. The van der Waals surface area contributed by atoms with Gasteiger partial charge in [-0.05, 0) is 67.0 Å². The summed E-state index contributed by atoms with van der Waals surface area (Å²) in [4.78, 5) is 27.3. The molecule has 1 aromatic heterocycles. The Bertz CT molecular complexity index is 1310. The van der Waals surface area contributed by atoms with Gasteiger partial charge in [0.2, 0.25) is 11.8 Å². The van der Waals surface area contributed by atoms with Crippen molar-refractivity contribution in [2.45, 2.75) is 45.6 Å². The summed E-state index contributed by atoms with van der Waals surface area (Å²) in [5, 5.41) is 4.87. The number of rotatable bonds is 6. The summed E-state index contributed by atoms with van der Waals surface area (Å²) in [6.07, 6.45) is 5.34. The van der Waals surface area contributed by atoms with E-state index in [1.54, 1.807) is 27.1 Å². The summed E-state index contributed by atoms with van der Waals surface area (Å²) in [6.45, 7) is 3.68. The molecule has 8 heteroatoms. The smallest absolute Gasteiger partial charge is 0.227 e. The summed E-state index contributed by atoms with van der Waals surface area (Å²) in [5.74, 6) is 1.02. The van der Waals surface area contributed by atoms with E-state index in [0.717, 1.165) is 49.2 Å². The van der Waals surface area contributed by atoms with E-state index in [1.807, 2.05) is 46.1 Å². The monoisotopic (exact) mass is 504 g/mol. The molecule has 3 aromatic rings. The van der Waals surface area contributed by atoms with Gasteiger partial charge in [0.15, 0.2) is 0 Å². The molecular weight excluding hydrogens is 471 g/mol. The normalized spacial score (nSPS) is 16.2. The number of aromatic nitrogens is 2. The van der Waals surface area contributed by atoms with Crippen LogP contribution >= 0.6 is 0 Å². The Morgan fingerprint density at radius 1 is 1.11 bits per heavy atom. The number of carbonyl (C=O) groups excluding carboxylic acids is 2. The Balaban J connectivity index is 1.47. The van der Waals surface area contributed by atoms with E-state index in [0.29, 0.717) is 47.8 Å². The van der Waals surface area contributed by atoms with Crippen LogP contribution in [-0.4, -0.2) is 53.7 Å². The highest BCUT2D eigenvalue weighted by Crippen LogP contribution is 2.36. The van der Waals surface area contributed by atoms with E-state index in [9.17, 15) is 9.59 Å². The molecule has 0 spiro atoms. The number of anilines is 1. The number of nitrogens with zero attached hydrogens (tertiary/aromatic N) is 4. The first-order valence-electron chi connectivity index (χ1n) is 12.9. The van der Waals surface area contributed by atoms with E-state index in [2.05, 4.69) is 0 Å². The van der Waals surface area contributed by atoms with Gasteiger partial charge in [0, 0.05) is 56.5 Å². The summed E-state index contributed by atoms with van der Waals surface area (Å²) in [6, 6.07) is 11.4. The van der Waals surface area contributed by atoms with Crippen LogP contribution in [0.5, 0.6) is 5.75 Å². The summed E-state index contributed by atoms with van der Waals surface area (Å²) >= 11 is 0. The topological polar surface area (TPSA) is 67.7 Å². The number of amides is 2. The van der Waals surface area contributed by atoms with Crippen molar-refractivity contribution in [2.24, 2.45) is 5.92 Å². The second kappa shape index (κ2) is 10.4. The number of halogens is 1. The van der Waals surface area contributed by atoms with Crippen molar-refractivity contribution in [2.75, 3.05) is 32.1 Å². The van der Waals surface area contributed by atoms with Gasteiger partial charge < -0.3 is 14.5 Å². The number of fused-ring (bicyclic) bond motifs is 1. The van der Waals surface area contributed by atoms with Gasteiger partial charge >= 0.3 is 0 Å². The molecule has 1 saturated heterocycles. The highest BCUT2D eigenvalue weighted by atomic mass is 19.1. The zero-order valence-corrected chi connectivity index (χ0v) is 21.7. The van der Waals surface area contributed by atoms with Crippen molar-refractivity contribution in [3.63, 3.8) is 0 Å². The molecule has 0 bridgehead atoms. The Hall–Kier alpha value is -3.68. The van der Waals surface area contributed by atoms with Crippen LogP contribution in [0.4, 0.5) is 10.1 Å². The van der Waals surface area contributed by atoms with E-state index < -0.39 is 0 Å². The lowest BCUT2D eigenvalue weighted by molar-refractivity contribution is -0.130. The first-order valence-corrected chi connectivity index (χ1v) is 12.9. The fourth-order valence-corrected chi connectivity index (χ4v) is 5.48. The second-order valence-electron chi connectivity index (χ2n) is 10.1. The third-order valence-corrected chi connectivity index (χ3v) is 7.71. The van der Waals surface area contributed by atoms with Crippen LogP contribution in [0.25, 0.3) is 11.3 Å². The van der Waals surface area contributed by atoms with Crippen LogP contribution in [0.15, 0.2) is 42.6 Å². The van der Waals surface area contributed by atoms with Crippen molar-refractivity contribution in [3.05, 3.63) is 65.1 Å². The maximum atomic E-state index is 15.9. The molecule has 2 amide bonds. The van der Waals surface area contributed by atoms with Crippen molar-refractivity contribution < 1.29 is 18.7 Å². The number of hydrogen-bond acceptors (Lipinski definition) is 4. The molecule has 1 fully saturated rings. The molecule has 0 unspecified atom stereocenters. The number of carbonyl (C=O) groups is 2. The van der Waals surface area contributed by atoms with Gasteiger partial charge in [0.05, 0.1) is 19.3 Å². The van der Waals surface area contributed by atoms with Crippen molar-refractivity contribution in [1.82, 2.24) is 14.7 Å². The molecule has 2 aliphatic rings. The van der Waals surface area contributed by atoms with Crippen molar-refractivity contribution in [3.8, 4) is 17.0 Å². The quantitative estimate of drug-likeness (QED) is 0.497. The predicted octanol–water partition coefficient (Wildman–Crippen LogP) is 4.46. The molecule has 5 rings (SSSR count). The van der Waals surface area contributed by atoms with Gasteiger partial charge in [-0.25, -0.2) is 4.39 Å². The molecular formula is C29H33FN4O3. The summed E-state index contributed by atoms with van der Waals surface area (Å²) in [5.41, 5.74) is 4.42. The number of methoxy groups -OCH3 is 1. The first kappa shape index (κ1) is 25.0. The Morgan fingerprint density at radius 3 is 2.51 bits per heavy atom. The summed E-state index contributed by atoms with van der Waals surface area (Å²) < 4.78 is 23.1. The minimum Gasteiger partial charge on any atom is -0.497 e. The molecule has 2 aromatic carbocycles. The molecule has 0 N–H and O–H groups in total. The van der Waals surface area contributed by atoms with Crippen LogP contribution in [0.3, 0.4) is 0 Å². The van der Waals surface area contributed by atoms with E-state index in [4.69, 9.17) is 9.84 Å². The highest BCUT2D eigenvalue weighted by Gasteiger charge is 2.28. The van der Waals surface area contributed by atoms with E-state index in [-0.39, 0.29) is 17.6 Å². The number of likely N-dealkylation sites (tertiary alicyclic amines) is 1. The predicted molar refractivity (Wildman–Crippen MR) is 140 cm³/mol. The van der Waals surface area contributed by atoms with Gasteiger partial charge in [-0.2, -0.15) is 5.10 Å². The minimum atomic E-state index is -0.292. The molecule has 0 saturated carbocycles. The molecule has 194 valence electrons. The molecule has 0 atom stereocenters. The molecule has 2 aliphatic heterocycles. The fraction of sp³-hybridized carbons (Fsp3) is 0.414. The average Bonchev–Trinajstić information content (AvgIpc) is 3.28. The van der Waals surface area contributed by atoms with E-state index in [1.165, 1.54) is 4.90 Å². The number of benzene rings is 2. The standard InChI is InChI=1S/C29H33FN4O3/c1-19(35)33-14-12-20(13-15-33)16-22-18-34(17-21-4-6-23(37-3)7-5-21)31-29(22)25-8-10-26-24(28(25)30)9-11-27(36)32(26)2/h4-8,10,18,20H,9,11-17H2,1-3H3. The zero-order chi connectivity index (χ0) is 26.1. The van der Waals surface area contributed by atoms with Gasteiger partial charge in [0.1, 0.15) is 11.6 Å². The van der Waals surface area contributed by atoms with Crippen LogP contribution < -0.4 is 9.64 Å². The molecule has 0 radical (unpaired) electrons. The zero-order valence-electron chi connectivity index (χ0n) is 21.7. The Kier molecular flexibility index (Phi) is 7.00. The molecule has 37 heavy (non-hydrogen) atoms. The van der Waals surface area contributed by atoms with Gasteiger partial charge in [-0.3, -0.25) is 14.3 Å². The highest BCUT2D eigenvalue weighted by molar-refractivity contribution is 5.96. The number of ether oxygens (including phenoxy) is 1. The maximum absolute atomic E-state index is 15.9. The van der Waals surface area contributed by atoms with Gasteiger partial charge in [0.25, 0.3) is 0 Å². The Morgan fingerprint density at radius 2 is 1.84 bits per heavy atom. The lowest BCUT2D eigenvalue weighted by Crippen LogP contribution is -2.37. The lowest BCUT2D eigenvalue weighted by atomic mass is 9.88. The van der Waals surface area contributed by atoms with Crippen molar-refractivity contribution in [1.29, 1.82) is 0 Å². The third kappa shape index (κ3) is 5.10. The third-order valence-electron chi connectivity index (χ3n) is 7.71. The SMILES string of the molecule is COc1ccc(Cn2cc(CC3CCN(C(C)=O)CC3)c(-c3ccc4c(c3F)CCC(=O)N4C)n2)cc1. The maximum Gasteiger partial charge on any atom is 0.227 e. The molecule has 0 aliphatic carbocycles. The van der Waals surface area contributed by atoms with Crippen LogP contribution in [0, 0.1) is 11.7 Å². The summed E-state index contributed by atoms with van der Waals surface area (Å²) in [7, 11) is 3.34. The van der Waals surface area contributed by atoms with Crippen LogP contribution in [-0.2, 0) is 29.0 Å².